The summed E-state index contributed by atoms with van der Waals surface area (Å²) in [6.45, 7) is 2.79. The Morgan fingerprint density at radius 2 is 1.96 bits per heavy atom. The highest BCUT2D eigenvalue weighted by Gasteiger charge is 2.35. The van der Waals surface area contributed by atoms with E-state index in [4.69, 9.17) is 18.9 Å². The van der Waals surface area contributed by atoms with E-state index in [1.807, 2.05) is 0 Å². The van der Waals surface area contributed by atoms with Crippen molar-refractivity contribution < 1.29 is 34.0 Å². The molecular weight excluding hydrogens is 328 g/mol. The van der Waals surface area contributed by atoms with Gasteiger partial charge in [0.15, 0.2) is 5.79 Å². The summed E-state index contributed by atoms with van der Waals surface area (Å²) >= 11 is 0. The molecule has 0 saturated heterocycles. The smallest absolute Gasteiger partial charge is 0.308 e. The van der Waals surface area contributed by atoms with E-state index in [-0.39, 0.29) is 24.5 Å². The third kappa shape index (κ3) is 2.96. The maximum Gasteiger partial charge on any atom is 0.308 e. The van der Waals surface area contributed by atoms with Crippen LogP contribution in [0.5, 0.6) is 23.0 Å². The van der Waals surface area contributed by atoms with E-state index in [0.29, 0.717) is 33.4 Å². The van der Waals surface area contributed by atoms with Crippen molar-refractivity contribution in [1.82, 2.24) is 0 Å². The van der Waals surface area contributed by atoms with Crippen molar-refractivity contribution in [3.8, 4) is 23.0 Å². The van der Waals surface area contributed by atoms with Gasteiger partial charge in [-0.05, 0) is 13.0 Å². The molecule has 1 aliphatic heterocycles. The van der Waals surface area contributed by atoms with Gasteiger partial charge in [-0.3, -0.25) is 4.79 Å². The van der Waals surface area contributed by atoms with E-state index in [1.165, 1.54) is 28.1 Å². The fraction of sp³-hybridized carbons (Fsp3) is 0.389. The number of hydrogen-bond acceptors (Lipinski definition) is 7. The van der Waals surface area contributed by atoms with E-state index in [2.05, 4.69) is 0 Å². The molecule has 0 spiro atoms. The first kappa shape index (κ1) is 17.3. The molecular formula is C18H20O7. The van der Waals surface area contributed by atoms with Gasteiger partial charge in [-0.15, -0.1) is 0 Å². The normalized spacial score (nSPS) is 19.4. The Labute approximate surface area is 144 Å². The van der Waals surface area contributed by atoms with Gasteiger partial charge < -0.3 is 29.2 Å². The van der Waals surface area contributed by atoms with E-state index in [1.54, 1.807) is 12.1 Å². The van der Waals surface area contributed by atoms with Crippen LogP contribution in [0.1, 0.15) is 25.0 Å². The number of aliphatic hydroxyl groups is 1. The van der Waals surface area contributed by atoms with Gasteiger partial charge >= 0.3 is 5.97 Å². The fourth-order valence-corrected chi connectivity index (χ4v) is 3.10. The molecule has 2 aromatic rings. The van der Waals surface area contributed by atoms with E-state index in [9.17, 15) is 15.0 Å². The molecule has 7 nitrogen and oxygen atoms in total. The zero-order valence-electron chi connectivity index (χ0n) is 14.5. The van der Waals surface area contributed by atoms with E-state index in [0.717, 1.165) is 0 Å². The third-order valence-electron chi connectivity index (χ3n) is 4.21. The highest BCUT2D eigenvalue weighted by atomic mass is 16.6. The number of esters is 1. The molecule has 0 saturated carbocycles. The minimum atomic E-state index is -1.43. The number of methoxy groups -OCH3 is 2. The fourth-order valence-electron chi connectivity index (χ4n) is 3.10. The molecule has 0 radical (unpaired) electrons. The minimum Gasteiger partial charge on any atom is -0.507 e. The molecule has 134 valence electrons. The van der Waals surface area contributed by atoms with Crippen molar-refractivity contribution in [1.29, 1.82) is 0 Å². The maximum absolute atomic E-state index is 11.7. The summed E-state index contributed by atoms with van der Waals surface area (Å²) in [6, 6.07) is 3.28. The molecule has 1 heterocycles. The molecule has 0 unspecified atom stereocenters. The van der Waals surface area contributed by atoms with Gasteiger partial charge in [0.25, 0.3) is 0 Å². The summed E-state index contributed by atoms with van der Waals surface area (Å²) in [5.41, 5.74) is 0.977. The Kier molecular flexibility index (Phi) is 4.22. The first-order valence-electron chi connectivity index (χ1n) is 7.74. The number of benzene rings is 2. The number of phenolic OH excluding ortho intramolecular Hbond substituents is 1. The number of ether oxygens (including phenoxy) is 4. The van der Waals surface area contributed by atoms with Crippen LogP contribution >= 0.6 is 0 Å². The van der Waals surface area contributed by atoms with Crippen LogP contribution in [0.3, 0.4) is 0 Å². The van der Waals surface area contributed by atoms with Crippen molar-refractivity contribution in [2.75, 3.05) is 14.2 Å². The lowest BCUT2D eigenvalue weighted by Crippen LogP contribution is -2.35. The molecule has 2 aromatic carbocycles. The Balaban J connectivity index is 2.43. The summed E-state index contributed by atoms with van der Waals surface area (Å²) < 4.78 is 21.5. The molecule has 7 heteroatoms. The second kappa shape index (κ2) is 6.09. The average Bonchev–Trinajstić information content (AvgIpc) is 2.56. The van der Waals surface area contributed by atoms with Crippen LogP contribution in [0, 0.1) is 0 Å². The number of phenols is 1. The van der Waals surface area contributed by atoms with Gasteiger partial charge in [0.05, 0.1) is 26.2 Å². The predicted molar refractivity (Wildman–Crippen MR) is 89.1 cm³/mol. The molecule has 0 bridgehead atoms. The Morgan fingerprint density at radius 1 is 1.24 bits per heavy atom. The van der Waals surface area contributed by atoms with E-state index < -0.39 is 11.8 Å². The van der Waals surface area contributed by atoms with Crippen LogP contribution in [0.4, 0.5) is 0 Å². The number of rotatable bonds is 3. The van der Waals surface area contributed by atoms with Gasteiger partial charge in [-0.1, -0.05) is 0 Å². The quantitative estimate of drug-likeness (QED) is 0.649. The summed E-state index contributed by atoms with van der Waals surface area (Å²) in [5.74, 6) is -0.851. The summed E-state index contributed by atoms with van der Waals surface area (Å²) in [6.07, 6.45) is 0.0635. The summed E-state index contributed by atoms with van der Waals surface area (Å²) in [7, 11) is 2.98. The zero-order chi connectivity index (χ0) is 18.4. The average molecular weight is 348 g/mol. The monoisotopic (exact) mass is 348 g/mol. The lowest BCUT2D eigenvalue weighted by molar-refractivity contribution is -0.204. The van der Waals surface area contributed by atoms with Gasteiger partial charge in [-0.2, -0.15) is 0 Å². The number of carbonyl (C=O) groups is 1. The van der Waals surface area contributed by atoms with Crippen LogP contribution in [-0.2, 0) is 22.6 Å². The van der Waals surface area contributed by atoms with Gasteiger partial charge in [0.1, 0.15) is 23.0 Å². The zero-order valence-corrected chi connectivity index (χ0v) is 14.5. The number of aromatic hydroxyl groups is 1. The summed E-state index contributed by atoms with van der Waals surface area (Å²) in [4.78, 5) is 11.7. The molecule has 0 aromatic heterocycles. The van der Waals surface area contributed by atoms with Crippen molar-refractivity contribution in [2.24, 2.45) is 0 Å². The molecule has 25 heavy (non-hydrogen) atoms. The molecule has 3 rings (SSSR count). The van der Waals surface area contributed by atoms with Gasteiger partial charge in [-0.25, -0.2) is 0 Å². The van der Waals surface area contributed by atoms with Crippen LogP contribution in [0.15, 0.2) is 12.1 Å². The second-order valence-corrected chi connectivity index (χ2v) is 6.12. The molecule has 2 N–H and O–H groups in total. The Hall–Kier alpha value is -2.51. The van der Waals surface area contributed by atoms with Crippen LogP contribution in [0.25, 0.3) is 10.8 Å². The van der Waals surface area contributed by atoms with Crippen molar-refractivity contribution in [3.63, 3.8) is 0 Å². The number of hydrogen-bond donors (Lipinski definition) is 2. The van der Waals surface area contributed by atoms with E-state index >= 15 is 0 Å². The topological polar surface area (TPSA) is 94.5 Å². The SMILES string of the molecule is COc1cc(OC)c2c(O)c3c(c(OC(C)=O)c2c1)C[C@](C)(O)OC3. The van der Waals surface area contributed by atoms with Crippen molar-refractivity contribution >= 4 is 16.7 Å². The van der Waals surface area contributed by atoms with Gasteiger partial charge in [0.2, 0.25) is 0 Å². The molecule has 1 atom stereocenters. The highest BCUT2D eigenvalue weighted by Crippen LogP contribution is 2.49. The largest absolute Gasteiger partial charge is 0.507 e. The molecule has 0 fully saturated rings. The van der Waals surface area contributed by atoms with Gasteiger partial charge in [0, 0.05) is 35.9 Å². The Bertz CT molecular complexity index is 855. The maximum atomic E-state index is 11.7. The predicted octanol–water partition coefficient (Wildman–Crippen LogP) is 2.27. The first-order valence-corrected chi connectivity index (χ1v) is 7.74. The van der Waals surface area contributed by atoms with Crippen LogP contribution in [-0.4, -0.2) is 36.2 Å². The van der Waals surface area contributed by atoms with Crippen LogP contribution < -0.4 is 14.2 Å². The van der Waals surface area contributed by atoms with Crippen molar-refractivity contribution in [2.45, 2.75) is 32.7 Å². The molecule has 0 amide bonds. The highest BCUT2D eigenvalue weighted by molar-refractivity contribution is 6.02. The molecule has 0 aliphatic carbocycles. The summed E-state index contributed by atoms with van der Waals surface area (Å²) in [5, 5.41) is 21.9. The lowest BCUT2D eigenvalue weighted by atomic mass is 9.91. The standard InChI is InChI=1S/C18H20O7/c1-9(19)25-17-11-5-10(22-3)6-14(23-4)15(11)16(20)13-8-24-18(2,21)7-12(13)17/h5-6,20-21H,7-8H2,1-4H3/t18-/m1/s1. The number of fused-ring (bicyclic) bond motifs is 2. The lowest BCUT2D eigenvalue weighted by Gasteiger charge is -2.32. The second-order valence-electron chi connectivity index (χ2n) is 6.12. The molecule has 1 aliphatic rings. The third-order valence-corrected chi connectivity index (χ3v) is 4.21. The number of carbonyl (C=O) groups excluding carboxylic acids is 1. The van der Waals surface area contributed by atoms with Crippen LogP contribution in [0.2, 0.25) is 0 Å². The van der Waals surface area contributed by atoms with Crippen molar-refractivity contribution in [3.05, 3.63) is 23.3 Å². The first-order chi connectivity index (χ1) is 11.8. The minimum absolute atomic E-state index is 0.0203. The Morgan fingerprint density at radius 3 is 2.56 bits per heavy atom.